The van der Waals surface area contributed by atoms with Crippen LogP contribution in [-0.4, -0.2) is 60.2 Å². The van der Waals surface area contributed by atoms with Crippen LogP contribution in [0.5, 0.6) is 0 Å². The van der Waals surface area contributed by atoms with E-state index in [1.54, 1.807) is 18.9 Å². The lowest BCUT2D eigenvalue weighted by molar-refractivity contribution is -0.130. The van der Waals surface area contributed by atoms with Crippen molar-refractivity contribution in [3.63, 3.8) is 0 Å². The fraction of sp³-hybridized carbons (Fsp3) is 0.476. The van der Waals surface area contributed by atoms with Crippen molar-refractivity contribution in [2.24, 2.45) is 0 Å². The van der Waals surface area contributed by atoms with Gasteiger partial charge in [0.2, 0.25) is 15.9 Å². The minimum atomic E-state index is -3.77. The van der Waals surface area contributed by atoms with Gasteiger partial charge in [-0.25, -0.2) is 22.8 Å². The van der Waals surface area contributed by atoms with Gasteiger partial charge in [-0.05, 0) is 43.5 Å². The number of hydrogen-bond acceptors (Lipinski definition) is 6. The number of halogens is 1. The molecule has 1 atom stereocenters. The molecular weight excluding hydrogens is 421 g/mol. The van der Waals surface area contributed by atoms with Crippen molar-refractivity contribution in [2.75, 3.05) is 32.0 Å². The van der Waals surface area contributed by atoms with Gasteiger partial charge in [-0.15, -0.1) is 0 Å². The molecule has 166 valence electrons. The highest BCUT2D eigenvalue weighted by Crippen LogP contribution is 2.31. The molecule has 2 aromatic rings. The summed E-state index contributed by atoms with van der Waals surface area (Å²) in [5, 5.41) is 3.12. The molecule has 1 aromatic heterocycles. The Morgan fingerprint density at radius 2 is 1.94 bits per heavy atom. The molecule has 10 heteroatoms. The summed E-state index contributed by atoms with van der Waals surface area (Å²) in [4.78, 5) is 23.1. The van der Waals surface area contributed by atoms with E-state index in [9.17, 15) is 17.6 Å². The summed E-state index contributed by atoms with van der Waals surface area (Å²) < 4.78 is 40.8. The third-order valence-electron chi connectivity index (χ3n) is 5.97. The number of nitrogens with zero attached hydrogens (tertiary/aromatic N) is 4. The first-order valence-electron chi connectivity index (χ1n) is 10.4. The summed E-state index contributed by atoms with van der Waals surface area (Å²) in [5.41, 5.74) is 1.59. The number of carbonyl (C=O) groups excluding carboxylic acids is 1. The van der Waals surface area contributed by atoms with Crippen LogP contribution in [0.1, 0.15) is 42.8 Å². The number of amides is 1. The van der Waals surface area contributed by atoms with Crippen LogP contribution >= 0.6 is 0 Å². The predicted molar refractivity (Wildman–Crippen MR) is 114 cm³/mol. The molecule has 4 rings (SSSR count). The lowest BCUT2D eigenvalue weighted by Crippen LogP contribution is -2.39. The Hall–Kier alpha value is -2.59. The zero-order valence-corrected chi connectivity index (χ0v) is 18.5. The number of likely N-dealkylation sites (tertiary alicyclic amines) is 1. The Morgan fingerprint density at radius 3 is 2.61 bits per heavy atom. The maximum Gasteiger partial charge on any atom is 0.243 e. The molecule has 0 radical (unpaired) electrons. The molecular formula is C21H26FN5O3S. The summed E-state index contributed by atoms with van der Waals surface area (Å²) in [6.45, 7) is 3.29. The minimum Gasteiger partial charge on any atom is -0.373 e. The number of rotatable bonds is 4. The summed E-state index contributed by atoms with van der Waals surface area (Å²) >= 11 is 0. The fourth-order valence-corrected chi connectivity index (χ4v) is 5.65. The Bertz CT molecular complexity index is 1090. The number of hydrogen-bond donors (Lipinski definition) is 1. The number of piperidine rings is 1. The van der Waals surface area contributed by atoms with Gasteiger partial charge in [0.15, 0.2) is 0 Å². The lowest BCUT2D eigenvalue weighted by atomic mass is 9.96. The van der Waals surface area contributed by atoms with Crippen molar-refractivity contribution in [1.82, 2.24) is 19.2 Å². The number of carbonyl (C=O) groups is 1. The van der Waals surface area contributed by atoms with Crippen LogP contribution in [0.25, 0.3) is 0 Å². The molecule has 0 aliphatic carbocycles. The molecule has 2 aliphatic heterocycles. The summed E-state index contributed by atoms with van der Waals surface area (Å²) in [5.74, 6) is 0.909. The van der Waals surface area contributed by atoms with Gasteiger partial charge in [0.25, 0.3) is 0 Å². The van der Waals surface area contributed by atoms with E-state index >= 15 is 0 Å². The van der Waals surface area contributed by atoms with E-state index in [1.807, 2.05) is 0 Å². The van der Waals surface area contributed by atoms with E-state index in [-0.39, 0.29) is 23.3 Å². The summed E-state index contributed by atoms with van der Waals surface area (Å²) in [6.07, 6.45) is 2.24. The van der Waals surface area contributed by atoms with Gasteiger partial charge in [-0.1, -0.05) is 0 Å². The van der Waals surface area contributed by atoms with Crippen molar-refractivity contribution < 1.29 is 17.6 Å². The van der Waals surface area contributed by atoms with E-state index in [4.69, 9.17) is 9.97 Å². The molecule has 3 heterocycles. The maximum absolute atomic E-state index is 13.2. The number of aromatic nitrogens is 2. The Labute approximate surface area is 181 Å². The second-order valence-electron chi connectivity index (χ2n) is 7.95. The number of nitrogens with one attached hydrogen (secondary N) is 1. The third kappa shape index (κ3) is 4.27. The second-order valence-corrected chi connectivity index (χ2v) is 9.89. The van der Waals surface area contributed by atoms with E-state index in [0.29, 0.717) is 36.8 Å². The summed E-state index contributed by atoms with van der Waals surface area (Å²) in [6, 6.07) is 4.86. The number of sulfonamides is 1. The number of anilines is 1. The maximum atomic E-state index is 13.2. The van der Waals surface area contributed by atoms with Crippen molar-refractivity contribution in [1.29, 1.82) is 0 Å². The molecule has 0 spiro atoms. The van der Waals surface area contributed by atoms with E-state index in [0.717, 1.165) is 37.1 Å². The molecule has 8 nitrogen and oxygen atoms in total. The molecule has 0 unspecified atom stereocenters. The average molecular weight is 448 g/mol. The minimum absolute atomic E-state index is 0.0131. The molecule has 2 aliphatic rings. The number of benzene rings is 1. The molecule has 1 saturated heterocycles. The molecule has 0 saturated carbocycles. The van der Waals surface area contributed by atoms with Crippen LogP contribution in [-0.2, 0) is 27.8 Å². The first-order valence-corrected chi connectivity index (χ1v) is 11.8. The quantitative estimate of drug-likeness (QED) is 0.772. The first-order chi connectivity index (χ1) is 14.8. The predicted octanol–water partition coefficient (Wildman–Crippen LogP) is 2.13. The largest absolute Gasteiger partial charge is 0.373 e. The second kappa shape index (κ2) is 8.51. The fourth-order valence-electron chi connectivity index (χ4n) is 4.25. The number of fused-ring (bicyclic) bond motifs is 1. The van der Waals surface area contributed by atoms with E-state index in [2.05, 4.69) is 5.32 Å². The smallest absolute Gasteiger partial charge is 0.243 e. The van der Waals surface area contributed by atoms with Gasteiger partial charge in [0.05, 0.1) is 17.1 Å². The monoisotopic (exact) mass is 447 g/mol. The zero-order valence-electron chi connectivity index (χ0n) is 17.6. The topological polar surface area (TPSA) is 95.5 Å². The third-order valence-corrected chi connectivity index (χ3v) is 7.83. The van der Waals surface area contributed by atoms with Crippen LogP contribution in [0.15, 0.2) is 29.2 Å². The van der Waals surface area contributed by atoms with E-state index in [1.165, 1.54) is 16.4 Å². The standard InChI is InChI=1S/C21H26FN5O3S/c1-14(28)26-10-3-4-15(12-26)20-24-19-13-27(11-9-18(19)21(23-2)25-20)31(29,30)17-7-5-16(22)6-8-17/h5-8,15H,3-4,9-13H2,1-2H3,(H,23,24,25)/t15-/m1/s1. The Morgan fingerprint density at radius 1 is 1.19 bits per heavy atom. The van der Waals surface area contributed by atoms with Crippen molar-refractivity contribution in [3.05, 3.63) is 47.2 Å². The highest BCUT2D eigenvalue weighted by molar-refractivity contribution is 7.89. The van der Waals surface area contributed by atoms with Gasteiger partial charge in [0, 0.05) is 45.1 Å². The molecule has 1 aromatic carbocycles. The zero-order chi connectivity index (χ0) is 22.2. The Balaban J connectivity index is 1.64. The van der Waals surface area contributed by atoms with Crippen LogP contribution in [0.3, 0.4) is 0 Å². The first kappa shape index (κ1) is 21.6. The normalized spacial score (nSPS) is 19.7. The van der Waals surface area contributed by atoms with Gasteiger partial charge in [-0.3, -0.25) is 4.79 Å². The summed E-state index contributed by atoms with van der Waals surface area (Å²) in [7, 11) is -1.98. The SMILES string of the molecule is CNc1nc([C@@H]2CCCN(C(C)=O)C2)nc2c1CCN(S(=O)(=O)c1ccc(F)cc1)C2. The lowest BCUT2D eigenvalue weighted by Gasteiger charge is -2.33. The molecule has 31 heavy (non-hydrogen) atoms. The Kier molecular flexibility index (Phi) is 5.94. The van der Waals surface area contributed by atoms with Gasteiger partial charge in [0.1, 0.15) is 17.5 Å². The van der Waals surface area contributed by atoms with Crippen LogP contribution < -0.4 is 5.32 Å². The van der Waals surface area contributed by atoms with Crippen LogP contribution in [0.2, 0.25) is 0 Å². The highest BCUT2D eigenvalue weighted by Gasteiger charge is 2.32. The van der Waals surface area contributed by atoms with Crippen molar-refractivity contribution in [3.8, 4) is 0 Å². The van der Waals surface area contributed by atoms with Crippen molar-refractivity contribution >= 4 is 21.7 Å². The van der Waals surface area contributed by atoms with Gasteiger partial charge in [-0.2, -0.15) is 4.31 Å². The highest BCUT2D eigenvalue weighted by atomic mass is 32.2. The molecule has 1 fully saturated rings. The average Bonchev–Trinajstić information content (AvgIpc) is 2.78. The molecule has 1 N–H and O–H groups in total. The molecule has 1 amide bonds. The van der Waals surface area contributed by atoms with Crippen LogP contribution in [0, 0.1) is 5.82 Å². The van der Waals surface area contributed by atoms with Gasteiger partial charge < -0.3 is 10.2 Å². The van der Waals surface area contributed by atoms with Crippen LogP contribution in [0.4, 0.5) is 10.2 Å². The van der Waals surface area contributed by atoms with Crippen molar-refractivity contribution in [2.45, 2.75) is 43.5 Å². The molecule has 0 bridgehead atoms. The van der Waals surface area contributed by atoms with Gasteiger partial charge >= 0.3 is 0 Å². The van der Waals surface area contributed by atoms with E-state index < -0.39 is 15.8 Å².